The molecular weight excluding hydrogens is 256 g/mol. The maximum absolute atomic E-state index is 5.92. The van der Waals surface area contributed by atoms with Gasteiger partial charge in [0, 0.05) is 22.9 Å². The zero-order chi connectivity index (χ0) is 12.1. The van der Waals surface area contributed by atoms with Gasteiger partial charge in [0.15, 0.2) is 5.76 Å². The van der Waals surface area contributed by atoms with E-state index in [-0.39, 0.29) is 0 Å². The van der Waals surface area contributed by atoms with Crippen molar-refractivity contribution in [2.75, 3.05) is 12.3 Å². The number of halogens is 1. The van der Waals surface area contributed by atoms with E-state index >= 15 is 0 Å². The van der Waals surface area contributed by atoms with Crippen molar-refractivity contribution in [1.29, 1.82) is 0 Å². The van der Waals surface area contributed by atoms with Crippen LogP contribution >= 0.6 is 23.4 Å². The predicted octanol–water partition coefficient (Wildman–Crippen LogP) is 3.19. The standard InChI is InChI=1S/C12H13ClN2OS/c13-10-3-1-2-9(6-10)11-7-15-12(16-11)8-17-5-4-14/h1-3,6-7H,4-5,8,14H2. The molecule has 2 rings (SSSR count). The first-order valence-electron chi connectivity index (χ1n) is 5.28. The third kappa shape index (κ3) is 3.49. The van der Waals surface area contributed by atoms with E-state index in [0.29, 0.717) is 11.6 Å². The summed E-state index contributed by atoms with van der Waals surface area (Å²) in [5, 5.41) is 0.693. The molecule has 2 aromatic rings. The first-order valence-corrected chi connectivity index (χ1v) is 6.81. The molecule has 0 radical (unpaired) electrons. The van der Waals surface area contributed by atoms with Crippen LogP contribution in [0.5, 0.6) is 0 Å². The zero-order valence-corrected chi connectivity index (χ0v) is 10.8. The van der Waals surface area contributed by atoms with Gasteiger partial charge in [-0.05, 0) is 12.1 Å². The van der Waals surface area contributed by atoms with Crippen molar-refractivity contribution in [3.8, 4) is 11.3 Å². The van der Waals surface area contributed by atoms with Gasteiger partial charge >= 0.3 is 0 Å². The summed E-state index contributed by atoms with van der Waals surface area (Å²) < 4.78 is 5.64. The number of benzene rings is 1. The smallest absolute Gasteiger partial charge is 0.204 e. The third-order valence-electron chi connectivity index (χ3n) is 2.15. The molecule has 0 aliphatic carbocycles. The van der Waals surface area contributed by atoms with E-state index in [0.717, 1.165) is 28.7 Å². The van der Waals surface area contributed by atoms with Gasteiger partial charge in [-0.2, -0.15) is 11.8 Å². The molecule has 1 heterocycles. The highest BCUT2D eigenvalue weighted by molar-refractivity contribution is 7.98. The number of thioether (sulfide) groups is 1. The minimum atomic E-state index is 0.673. The number of hydrogen-bond acceptors (Lipinski definition) is 4. The summed E-state index contributed by atoms with van der Waals surface area (Å²) in [5.41, 5.74) is 6.36. The van der Waals surface area contributed by atoms with Crippen molar-refractivity contribution >= 4 is 23.4 Å². The lowest BCUT2D eigenvalue weighted by atomic mass is 10.2. The Morgan fingerprint density at radius 1 is 1.41 bits per heavy atom. The summed E-state index contributed by atoms with van der Waals surface area (Å²) in [6.45, 7) is 0.673. The molecule has 0 bridgehead atoms. The normalized spacial score (nSPS) is 10.7. The Bertz CT molecular complexity index is 487. The van der Waals surface area contributed by atoms with Crippen LogP contribution < -0.4 is 5.73 Å². The van der Waals surface area contributed by atoms with Crippen molar-refractivity contribution in [1.82, 2.24) is 4.98 Å². The van der Waals surface area contributed by atoms with Gasteiger partial charge in [0.25, 0.3) is 0 Å². The van der Waals surface area contributed by atoms with Crippen molar-refractivity contribution in [3.05, 3.63) is 41.4 Å². The van der Waals surface area contributed by atoms with E-state index in [2.05, 4.69) is 4.98 Å². The van der Waals surface area contributed by atoms with E-state index in [1.807, 2.05) is 24.3 Å². The summed E-state index contributed by atoms with van der Waals surface area (Å²) >= 11 is 7.63. The van der Waals surface area contributed by atoms with Gasteiger partial charge in [0.1, 0.15) is 0 Å². The van der Waals surface area contributed by atoms with Gasteiger partial charge < -0.3 is 10.2 Å². The van der Waals surface area contributed by atoms with E-state index in [9.17, 15) is 0 Å². The molecule has 0 spiro atoms. The minimum absolute atomic E-state index is 0.673. The van der Waals surface area contributed by atoms with Crippen LogP contribution in [0.15, 0.2) is 34.9 Å². The molecule has 0 aliphatic heterocycles. The predicted molar refractivity (Wildman–Crippen MR) is 72.2 cm³/mol. The topological polar surface area (TPSA) is 52.0 Å². The number of nitrogens with zero attached hydrogens (tertiary/aromatic N) is 1. The Hall–Kier alpha value is -0.970. The highest BCUT2D eigenvalue weighted by Gasteiger charge is 2.06. The molecule has 1 aromatic heterocycles. The Labute approximate surface area is 109 Å². The lowest BCUT2D eigenvalue weighted by molar-refractivity contribution is 0.530. The van der Waals surface area contributed by atoms with E-state index in [4.69, 9.17) is 21.8 Å². The molecule has 90 valence electrons. The SMILES string of the molecule is NCCSCc1ncc(-c2cccc(Cl)c2)o1. The van der Waals surface area contributed by atoms with Crippen LogP contribution in [-0.2, 0) is 5.75 Å². The summed E-state index contributed by atoms with van der Waals surface area (Å²) in [4.78, 5) is 4.22. The Balaban J connectivity index is 2.07. The summed E-state index contributed by atoms with van der Waals surface area (Å²) in [5.74, 6) is 3.13. The van der Waals surface area contributed by atoms with E-state index < -0.39 is 0 Å². The number of rotatable bonds is 5. The fourth-order valence-corrected chi connectivity index (χ4v) is 2.20. The number of nitrogens with two attached hydrogens (primary N) is 1. The minimum Gasteiger partial charge on any atom is -0.440 e. The van der Waals surface area contributed by atoms with Crippen molar-refractivity contribution in [3.63, 3.8) is 0 Å². The summed E-state index contributed by atoms with van der Waals surface area (Å²) in [6, 6.07) is 7.53. The molecule has 0 saturated carbocycles. The molecule has 0 atom stereocenters. The molecule has 2 N–H and O–H groups in total. The molecule has 0 fully saturated rings. The highest BCUT2D eigenvalue weighted by Crippen LogP contribution is 2.24. The summed E-state index contributed by atoms with van der Waals surface area (Å²) in [6.07, 6.45) is 1.73. The van der Waals surface area contributed by atoms with Crippen LogP contribution in [0.25, 0.3) is 11.3 Å². The number of aromatic nitrogens is 1. The third-order valence-corrected chi connectivity index (χ3v) is 3.36. The largest absolute Gasteiger partial charge is 0.440 e. The number of hydrogen-bond donors (Lipinski definition) is 1. The van der Waals surface area contributed by atoms with Crippen LogP contribution in [0.3, 0.4) is 0 Å². The molecule has 3 nitrogen and oxygen atoms in total. The van der Waals surface area contributed by atoms with Gasteiger partial charge in [0.2, 0.25) is 5.89 Å². The molecule has 0 unspecified atom stereocenters. The number of oxazole rings is 1. The van der Waals surface area contributed by atoms with E-state index in [1.54, 1.807) is 18.0 Å². The molecule has 0 amide bonds. The second-order valence-corrected chi connectivity index (χ2v) is 5.01. The van der Waals surface area contributed by atoms with Gasteiger partial charge in [-0.15, -0.1) is 0 Å². The van der Waals surface area contributed by atoms with Crippen molar-refractivity contribution in [2.45, 2.75) is 5.75 Å². The van der Waals surface area contributed by atoms with Crippen LogP contribution in [0, 0.1) is 0 Å². The van der Waals surface area contributed by atoms with Gasteiger partial charge in [0.05, 0.1) is 11.9 Å². The fraction of sp³-hybridized carbons (Fsp3) is 0.250. The van der Waals surface area contributed by atoms with Gasteiger partial charge in [-0.25, -0.2) is 4.98 Å². The van der Waals surface area contributed by atoms with Crippen LogP contribution in [0.4, 0.5) is 0 Å². The molecular formula is C12H13ClN2OS. The van der Waals surface area contributed by atoms with Crippen LogP contribution in [0.2, 0.25) is 5.02 Å². The van der Waals surface area contributed by atoms with E-state index in [1.165, 1.54) is 0 Å². The summed E-state index contributed by atoms with van der Waals surface area (Å²) in [7, 11) is 0. The Morgan fingerprint density at radius 2 is 2.29 bits per heavy atom. The highest BCUT2D eigenvalue weighted by atomic mass is 35.5. The maximum Gasteiger partial charge on any atom is 0.204 e. The van der Waals surface area contributed by atoms with Crippen LogP contribution in [0.1, 0.15) is 5.89 Å². The van der Waals surface area contributed by atoms with Gasteiger partial charge in [-0.3, -0.25) is 0 Å². The average Bonchev–Trinajstić information content (AvgIpc) is 2.78. The second kappa shape index (κ2) is 6.10. The second-order valence-electron chi connectivity index (χ2n) is 3.47. The fourth-order valence-electron chi connectivity index (χ4n) is 1.40. The lowest BCUT2D eigenvalue weighted by Gasteiger charge is -1.97. The van der Waals surface area contributed by atoms with Crippen molar-refractivity contribution in [2.24, 2.45) is 5.73 Å². The Kier molecular flexibility index (Phi) is 4.48. The maximum atomic E-state index is 5.92. The molecule has 17 heavy (non-hydrogen) atoms. The Morgan fingerprint density at radius 3 is 3.06 bits per heavy atom. The molecule has 0 saturated heterocycles. The van der Waals surface area contributed by atoms with Crippen LogP contribution in [-0.4, -0.2) is 17.3 Å². The lowest BCUT2D eigenvalue weighted by Crippen LogP contribution is -2.01. The quantitative estimate of drug-likeness (QED) is 0.846. The first-order chi connectivity index (χ1) is 8.29. The molecule has 5 heteroatoms. The molecule has 1 aromatic carbocycles. The zero-order valence-electron chi connectivity index (χ0n) is 9.23. The van der Waals surface area contributed by atoms with Crippen molar-refractivity contribution < 1.29 is 4.42 Å². The monoisotopic (exact) mass is 268 g/mol. The first kappa shape index (κ1) is 12.5. The van der Waals surface area contributed by atoms with Gasteiger partial charge in [-0.1, -0.05) is 23.7 Å². The molecule has 0 aliphatic rings. The average molecular weight is 269 g/mol.